The zero-order valence-electron chi connectivity index (χ0n) is 15.5. The van der Waals surface area contributed by atoms with Gasteiger partial charge in [0.1, 0.15) is 0 Å². The molecule has 0 fully saturated rings. The van der Waals surface area contributed by atoms with Crippen LogP contribution in [0.15, 0.2) is 53.8 Å². The lowest BCUT2D eigenvalue weighted by atomic mass is 10.2. The molecular formula is C20H23ClN6O. The summed E-state index contributed by atoms with van der Waals surface area (Å²) in [6, 6.07) is 10.4. The molecule has 0 bridgehead atoms. The van der Waals surface area contributed by atoms with E-state index in [1.165, 1.54) is 0 Å². The third kappa shape index (κ3) is 8.06. The molecule has 0 aliphatic rings. The third-order valence-corrected chi connectivity index (χ3v) is 4.12. The Hall–Kier alpha value is -3.11. The second kappa shape index (κ2) is 12.3. The van der Waals surface area contributed by atoms with E-state index in [-0.39, 0.29) is 5.91 Å². The fourth-order valence-electron chi connectivity index (χ4n) is 2.42. The van der Waals surface area contributed by atoms with Gasteiger partial charge < -0.3 is 10.6 Å². The van der Waals surface area contributed by atoms with Crippen molar-refractivity contribution in [3.8, 4) is 6.19 Å². The van der Waals surface area contributed by atoms with Gasteiger partial charge in [-0.05, 0) is 49.2 Å². The molecule has 8 heteroatoms. The first-order valence-electron chi connectivity index (χ1n) is 9.09. The summed E-state index contributed by atoms with van der Waals surface area (Å²) in [5.41, 5.74) is 1.42. The van der Waals surface area contributed by atoms with Crippen LogP contribution in [0.3, 0.4) is 0 Å². The van der Waals surface area contributed by atoms with Crippen molar-refractivity contribution in [1.82, 2.24) is 15.6 Å². The molecule has 0 aliphatic carbocycles. The first-order chi connectivity index (χ1) is 13.7. The number of nitrogens with zero attached hydrogens (tertiary/aromatic N) is 3. The van der Waals surface area contributed by atoms with E-state index in [0.717, 1.165) is 31.4 Å². The Morgan fingerprint density at radius 2 is 1.79 bits per heavy atom. The van der Waals surface area contributed by atoms with E-state index in [1.807, 2.05) is 6.19 Å². The summed E-state index contributed by atoms with van der Waals surface area (Å²) in [6.07, 6.45) is 9.00. The molecule has 7 nitrogen and oxygen atoms in total. The van der Waals surface area contributed by atoms with Gasteiger partial charge in [0.2, 0.25) is 5.96 Å². The van der Waals surface area contributed by atoms with Crippen molar-refractivity contribution in [3.63, 3.8) is 0 Å². The van der Waals surface area contributed by atoms with E-state index in [4.69, 9.17) is 16.9 Å². The van der Waals surface area contributed by atoms with Crippen molar-refractivity contribution in [2.45, 2.75) is 25.7 Å². The molecule has 2 aromatic rings. The van der Waals surface area contributed by atoms with Crippen LogP contribution in [0.4, 0.5) is 5.69 Å². The van der Waals surface area contributed by atoms with Gasteiger partial charge in [-0.3, -0.25) is 20.1 Å². The van der Waals surface area contributed by atoms with E-state index in [2.05, 4.69) is 25.9 Å². The number of halogens is 1. The fraction of sp³-hybridized carbons (Fsp3) is 0.300. The van der Waals surface area contributed by atoms with Crippen LogP contribution in [0.25, 0.3) is 0 Å². The quantitative estimate of drug-likeness (QED) is 0.197. The Morgan fingerprint density at radius 3 is 2.50 bits per heavy atom. The molecule has 0 atom stereocenters. The minimum absolute atomic E-state index is 0.0873. The number of unbranched alkanes of at least 4 members (excludes halogenated alkanes) is 3. The summed E-state index contributed by atoms with van der Waals surface area (Å²) in [4.78, 5) is 20.3. The summed E-state index contributed by atoms with van der Waals surface area (Å²) in [7, 11) is 0. The van der Waals surface area contributed by atoms with Gasteiger partial charge in [0.25, 0.3) is 5.91 Å². The van der Waals surface area contributed by atoms with Crippen molar-refractivity contribution in [3.05, 3.63) is 59.4 Å². The number of carbonyl (C=O) groups is 1. The molecule has 0 spiro atoms. The Morgan fingerprint density at radius 1 is 1.07 bits per heavy atom. The maximum Gasteiger partial charge on any atom is 0.251 e. The number of amides is 1. The third-order valence-electron chi connectivity index (χ3n) is 3.86. The van der Waals surface area contributed by atoms with Crippen LogP contribution in [0.2, 0.25) is 5.02 Å². The standard InChI is InChI=1S/C20H23ClN6O/c21-17-7-5-16(6-8-17)19(28)24-11-3-1-2-4-12-25-20(26-15-22)27-18-9-13-23-14-10-18/h5-10,13-14H,1-4,11-12H2,(H,24,28)(H2,23,25,26,27). The predicted molar refractivity (Wildman–Crippen MR) is 111 cm³/mol. The smallest absolute Gasteiger partial charge is 0.251 e. The second-order valence-electron chi connectivity index (χ2n) is 6.01. The maximum atomic E-state index is 12.0. The molecule has 1 aromatic heterocycles. The average Bonchev–Trinajstić information content (AvgIpc) is 2.71. The van der Waals surface area contributed by atoms with Crippen molar-refractivity contribution in [1.29, 1.82) is 5.26 Å². The normalized spacial score (nSPS) is 10.8. The minimum Gasteiger partial charge on any atom is -0.352 e. The maximum absolute atomic E-state index is 12.0. The lowest BCUT2D eigenvalue weighted by Gasteiger charge is -2.07. The Kier molecular flexibility index (Phi) is 9.32. The lowest BCUT2D eigenvalue weighted by molar-refractivity contribution is 0.0953. The van der Waals surface area contributed by atoms with Crippen LogP contribution in [0.5, 0.6) is 0 Å². The zero-order valence-corrected chi connectivity index (χ0v) is 16.2. The first-order valence-corrected chi connectivity index (χ1v) is 9.47. The van der Waals surface area contributed by atoms with Crippen molar-refractivity contribution < 1.29 is 4.79 Å². The number of guanidine groups is 1. The SMILES string of the molecule is N#CNC(=NCCCCCCNC(=O)c1ccc(Cl)cc1)Nc1ccncc1. The van der Waals surface area contributed by atoms with E-state index in [9.17, 15) is 4.79 Å². The van der Waals surface area contributed by atoms with Crippen LogP contribution in [0.1, 0.15) is 36.0 Å². The monoisotopic (exact) mass is 398 g/mol. The van der Waals surface area contributed by atoms with E-state index in [0.29, 0.717) is 29.6 Å². The number of nitrogens with one attached hydrogen (secondary N) is 3. The van der Waals surface area contributed by atoms with Gasteiger partial charge in [-0.25, -0.2) is 0 Å². The molecule has 1 aromatic carbocycles. The second-order valence-corrected chi connectivity index (χ2v) is 6.44. The summed E-state index contributed by atoms with van der Waals surface area (Å²) in [6.45, 7) is 1.24. The summed E-state index contributed by atoms with van der Waals surface area (Å²) < 4.78 is 0. The van der Waals surface area contributed by atoms with Gasteiger partial charge in [0.15, 0.2) is 6.19 Å². The predicted octanol–water partition coefficient (Wildman–Crippen LogP) is 3.56. The topological polar surface area (TPSA) is 102 Å². The number of anilines is 1. The average molecular weight is 399 g/mol. The fourth-order valence-corrected chi connectivity index (χ4v) is 2.55. The molecule has 0 saturated carbocycles. The molecule has 2 rings (SSSR count). The number of aromatic nitrogens is 1. The number of carbonyl (C=O) groups excluding carboxylic acids is 1. The van der Waals surface area contributed by atoms with Crippen molar-refractivity contribution >= 4 is 29.2 Å². The van der Waals surface area contributed by atoms with Crippen LogP contribution in [0, 0.1) is 11.5 Å². The van der Waals surface area contributed by atoms with Gasteiger partial charge in [-0.2, -0.15) is 5.26 Å². The van der Waals surface area contributed by atoms with Gasteiger partial charge in [0, 0.05) is 41.8 Å². The van der Waals surface area contributed by atoms with Gasteiger partial charge in [0.05, 0.1) is 0 Å². The number of pyridine rings is 1. The van der Waals surface area contributed by atoms with Crippen molar-refractivity contribution in [2.75, 3.05) is 18.4 Å². The molecule has 0 aliphatic heterocycles. The Labute approximate surface area is 169 Å². The highest BCUT2D eigenvalue weighted by atomic mass is 35.5. The highest BCUT2D eigenvalue weighted by Gasteiger charge is 2.04. The molecule has 146 valence electrons. The number of hydrogen-bond acceptors (Lipinski definition) is 4. The minimum atomic E-state index is -0.0873. The number of aliphatic imine (C=N–C) groups is 1. The van der Waals surface area contributed by atoms with E-state index >= 15 is 0 Å². The largest absolute Gasteiger partial charge is 0.352 e. The molecular weight excluding hydrogens is 376 g/mol. The van der Waals surface area contributed by atoms with Crippen LogP contribution < -0.4 is 16.0 Å². The summed E-state index contributed by atoms with van der Waals surface area (Å²) >= 11 is 5.81. The number of benzene rings is 1. The Bertz CT molecular complexity index is 802. The molecule has 0 saturated heterocycles. The number of hydrogen-bond donors (Lipinski definition) is 3. The molecule has 0 radical (unpaired) electrons. The van der Waals surface area contributed by atoms with Gasteiger partial charge >= 0.3 is 0 Å². The number of nitriles is 1. The lowest BCUT2D eigenvalue weighted by Crippen LogP contribution is -2.27. The molecule has 3 N–H and O–H groups in total. The molecule has 1 amide bonds. The van der Waals surface area contributed by atoms with Crippen LogP contribution in [-0.4, -0.2) is 29.9 Å². The number of rotatable bonds is 9. The zero-order chi connectivity index (χ0) is 20.0. The van der Waals surface area contributed by atoms with Gasteiger partial charge in [-0.1, -0.05) is 24.4 Å². The summed E-state index contributed by atoms with van der Waals surface area (Å²) in [5.74, 6) is 0.333. The molecule has 1 heterocycles. The van der Waals surface area contributed by atoms with Crippen LogP contribution in [-0.2, 0) is 0 Å². The first kappa shape index (κ1) is 21.2. The Balaban J connectivity index is 1.59. The van der Waals surface area contributed by atoms with E-state index in [1.54, 1.807) is 48.8 Å². The molecule has 28 heavy (non-hydrogen) atoms. The highest BCUT2D eigenvalue weighted by molar-refractivity contribution is 6.30. The van der Waals surface area contributed by atoms with Crippen LogP contribution >= 0.6 is 11.6 Å². The van der Waals surface area contributed by atoms with Crippen molar-refractivity contribution in [2.24, 2.45) is 4.99 Å². The van der Waals surface area contributed by atoms with Gasteiger partial charge in [-0.15, -0.1) is 0 Å². The highest BCUT2D eigenvalue weighted by Crippen LogP contribution is 2.09. The summed E-state index contributed by atoms with van der Waals surface area (Å²) in [5, 5.41) is 17.9. The van der Waals surface area contributed by atoms with E-state index < -0.39 is 0 Å². The molecule has 0 unspecified atom stereocenters.